The van der Waals surface area contributed by atoms with Crippen LogP contribution in [0.1, 0.15) is 29.6 Å². The third-order valence-corrected chi connectivity index (χ3v) is 4.63. The van der Waals surface area contributed by atoms with Crippen LogP contribution in [-0.2, 0) is 0 Å². The maximum atomic E-state index is 4.43. The minimum atomic E-state index is 0.185. The van der Waals surface area contributed by atoms with Crippen molar-refractivity contribution >= 4 is 11.6 Å². The summed E-state index contributed by atoms with van der Waals surface area (Å²) in [6.45, 7) is 0. The first-order valence-electron chi connectivity index (χ1n) is 8.20. The first-order chi connectivity index (χ1) is 11.7. The minimum Gasteiger partial charge on any atom is -0.378 e. The quantitative estimate of drug-likeness (QED) is 0.803. The molecule has 2 heterocycles. The molecule has 1 aliphatic rings. The van der Waals surface area contributed by atoms with Gasteiger partial charge < -0.3 is 10.2 Å². The van der Waals surface area contributed by atoms with Gasteiger partial charge >= 0.3 is 0 Å². The largest absolute Gasteiger partial charge is 0.378 e. The normalized spacial score (nSPS) is 19.4. The second kappa shape index (κ2) is 6.00. The van der Waals surface area contributed by atoms with Crippen molar-refractivity contribution in [2.24, 2.45) is 0 Å². The van der Waals surface area contributed by atoms with Crippen LogP contribution < -0.4 is 10.2 Å². The molecule has 3 aromatic rings. The zero-order valence-electron chi connectivity index (χ0n) is 13.9. The molecule has 5 nitrogen and oxygen atoms in total. The molecule has 1 aliphatic heterocycles. The van der Waals surface area contributed by atoms with Crippen molar-refractivity contribution in [2.75, 3.05) is 24.3 Å². The standard InChI is InChI=1S/C19H21N5/c1-23(2)16-10-8-15(9-11-16)18-12-17(14-6-4-3-5-7-14)22-19-20-13-21-24(18)19/h3-11,13,17-18H,12H2,1-2H3,(H,20,21,22). The third kappa shape index (κ3) is 2.62. The average molecular weight is 319 g/mol. The SMILES string of the molecule is CN(C)c1ccc(C2CC(c3ccccc3)Nc3ncnn32)cc1. The minimum absolute atomic E-state index is 0.185. The molecule has 2 atom stereocenters. The average Bonchev–Trinajstić information content (AvgIpc) is 3.10. The van der Waals surface area contributed by atoms with Crippen LogP contribution in [0.25, 0.3) is 0 Å². The summed E-state index contributed by atoms with van der Waals surface area (Å²) in [5, 5.41) is 7.94. The molecular formula is C19H21N5. The molecule has 0 radical (unpaired) electrons. The predicted octanol–water partition coefficient (Wildman–Crippen LogP) is 3.49. The fourth-order valence-electron chi connectivity index (χ4n) is 3.30. The van der Waals surface area contributed by atoms with Gasteiger partial charge in [-0.3, -0.25) is 0 Å². The fourth-order valence-corrected chi connectivity index (χ4v) is 3.30. The first-order valence-corrected chi connectivity index (χ1v) is 8.20. The van der Waals surface area contributed by atoms with Crippen LogP contribution >= 0.6 is 0 Å². The summed E-state index contributed by atoms with van der Waals surface area (Å²) in [5.74, 6) is 0.830. The van der Waals surface area contributed by atoms with E-state index in [4.69, 9.17) is 0 Å². The summed E-state index contributed by atoms with van der Waals surface area (Å²) in [6.07, 6.45) is 2.57. The van der Waals surface area contributed by atoms with Gasteiger partial charge in [-0.1, -0.05) is 42.5 Å². The zero-order valence-corrected chi connectivity index (χ0v) is 13.9. The van der Waals surface area contributed by atoms with Crippen molar-refractivity contribution in [1.82, 2.24) is 14.8 Å². The van der Waals surface area contributed by atoms with Gasteiger partial charge in [0.25, 0.3) is 0 Å². The number of benzene rings is 2. The Labute approximate surface area is 142 Å². The summed E-state index contributed by atoms with van der Waals surface area (Å²) in [4.78, 5) is 6.50. The van der Waals surface area contributed by atoms with E-state index in [0.717, 1.165) is 12.4 Å². The summed E-state index contributed by atoms with van der Waals surface area (Å²) < 4.78 is 1.99. The molecule has 2 unspecified atom stereocenters. The molecule has 0 fully saturated rings. The molecule has 1 aromatic heterocycles. The van der Waals surface area contributed by atoms with Gasteiger partial charge in [0.15, 0.2) is 0 Å². The highest BCUT2D eigenvalue weighted by molar-refractivity contribution is 5.47. The fraction of sp³-hybridized carbons (Fsp3) is 0.263. The van der Waals surface area contributed by atoms with Crippen molar-refractivity contribution in [1.29, 1.82) is 0 Å². The van der Waals surface area contributed by atoms with Gasteiger partial charge in [-0.15, -0.1) is 0 Å². The third-order valence-electron chi connectivity index (χ3n) is 4.63. The number of hydrogen-bond acceptors (Lipinski definition) is 4. The topological polar surface area (TPSA) is 46.0 Å². The molecule has 0 saturated carbocycles. The molecule has 4 rings (SSSR count). The monoisotopic (exact) mass is 319 g/mol. The summed E-state index contributed by atoms with van der Waals surface area (Å²) in [7, 11) is 4.11. The number of nitrogens with zero attached hydrogens (tertiary/aromatic N) is 4. The molecule has 1 N–H and O–H groups in total. The Morgan fingerprint density at radius 2 is 1.75 bits per heavy atom. The molecule has 0 saturated heterocycles. The maximum absolute atomic E-state index is 4.43. The number of aromatic nitrogens is 3. The Balaban J connectivity index is 1.69. The van der Waals surface area contributed by atoms with Gasteiger partial charge in [0.2, 0.25) is 5.95 Å². The Bertz CT molecular complexity index is 807. The van der Waals surface area contributed by atoms with E-state index in [1.807, 2.05) is 10.7 Å². The van der Waals surface area contributed by atoms with Crippen LogP contribution in [0.4, 0.5) is 11.6 Å². The van der Waals surface area contributed by atoms with Gasteiger partial charge in [0, 0.05) is 19.8 Å². The van der Waals surface area contributed by atoms with Crippen molar-refractivity contribution in [3.63, 3.8) is 0 Å². The Morgan fingerprint density at radius 1 is 1.00 bits per heavy atom. The lowest BCUT2D eigenvalue weighted by Gasteiger charge is -2.32. The van der Waals surface area contributed by atoms with E-state index >= 15 is 0 Å². The Morgan fingerprint density at radius 3 is 2.46 bits per heavy atom. The molecule has 0 bridgehead atoms. The van der Waals surface area contributed by atoms with Crippen molar-refractivity contribution < 1.29 is 0 Å². The van der Waals surface area contributed by atoms with Gasteiger partial charge in [0.05, 0.1) is 12.1 Å². The van der Waals surface area contributed by atoms with Gasteiger partial charge in [0.1, 0.15) is 6.33 Å². The molecule has 0 spiro atoms. The number of rotatable bonds is 3. The van der Waals surface area contributed by atoms with E-state index in [9.17, 15) is 0 Å². The molecular weight excluding hydrogens is 298 g/mol. The lowest BCUT2D eigenvalue weighted by molar-refractivity contribution is 0.431. The highest BCUT2D eigenvalue weighted by atomic mass is 15.4. The molecule has 122 valence electrons. The van der Waals surface area contributed by atoms with E-state index in [1.165, 1.54) is 16.8 Å². The lowest BCUT2D eigenvalue weighted by Crippen LogP contribution is -2.28. The lowest BCUT2D eigenvalue weighted by atomic mass is 9.93. The molecule has 5 heteroatoms. The van der Waals surface area contributed by atoms with Gasteiger partial charge in [-0.25, -0.2) is 4.68 Å². The van der Waals surface area contributed by atoms with E-state index in [0.29, 0.717) is 0 Å². The number of hydrogen-bond donors (Lipinski definition) is 1. The highest BCUT2D eigenvalue weighted by Crippen LogP contribution is 2.37. The van der Waals surface area contributed by atoms with Crippen molar-refractivity contribution in [3.05, 3.63) is 72.1 Å². The Kier molecular flexibility index (Phi) is 3.69. The van der Waals surface area contributed by atoms with Gasteiger partial charge in [-0.05, 0) is 29.7 Å². The molecule has 0 amide bonds. The molecule has 2 aromatic carbocycles. The predicted molar refractivity (Wildman–Crippen MR) is 96.4 cm³/mol. The number of fused-ring (bicyclic) bond motifs is 1. The molecule has 24 heavy (non-hydrogen) atoms. The van der Waals surface area contributed by atoms with E-state index in [-0.39, 0.29) is 12.1 Å². The van der Waals surface area contributed by atoms with Crippen LogP contribution in [0.15, 0.2) is 60.9 Å². The summed E-state index contributed by atoms with van der Waals surface area (Å²) in [5.41, 5.74) is 3.74. The van der Waals surface area contributed by atoms with Crippen molar-refractivity contribution in [3.8, 4) is 0 Å². The number of anilines is 2. The van der Waals surface area contributed by atoms with E-state index in [2.05, 4.69) is 82.9 Å². The highest BCUT2D eigenvalue weighted by Gasteiger charge is 2.29. The van der Waals surface area contributed by atoms with Crippen LogP contribution in [0.3, 0.4) is 0 Å². The smallest absolute Gasteiger partial charge is 0.222 e. The van der Waals surface area contributed by atoms with Crippen LogP contribution in [0.2, 0.25) is 0 Å². The van der Waals surface area contributed by atoms with E-state index < -0.39 is 0 Å². The molecule has 0 aliphatic carbocycles. The van der Waals surface area contributed by atoms with E-state index in [1.54, 1.807) is 6.33 Å². The van der Waals surface area contributed by atoms with Crippen LogP contribution in [-0.4, -0.2) is 28.9 Å². The first kappa shape index (κ1) is 14.8. The maximum Gasteiger partial charge on any atom is 0.222 e. The van der Waals surface area contributed by atoms with Gasteiger partial charge in [-0.2, -0.15) is 10.1 Å². The zero-order chi connectivity index (χ0) is 16.5. The second-order valence-electron chi connectivity index (χ2n) is 6.37. The summed E-state index contributed by atoms with van der Waals surface area (Å²) in [6, 6.07) is 19.7. The Hall–Kier alpha value is -2.82. The number of nitrogens with one attached hydrogen (secondary N) is 1. The van der Waals surface area contributed by atoms with Crippen molar-refractivity contribution in [2.45, 2.75) is 18.5 Å². The van der Waals surface area contributed by atoms with Crippen LogP contribution in [0, 0.1) is 0 Å². The second-order valence-corrected chi connectivity index (χ2v) is 6.37. The summed E-state index contributed by atoms with van der Waals surface area (Å²) >= 11 is 0. The van der Waals surface area contributed by atoms with Crippen LogP contribution in [0.5, 0.6) is 0 Å².